The van der Waals surface area contributed by atoms with Crippen molar-refractivity contribution in [2.45, 2.75) is 49.6 Å². The van der Waals surface area contributed by atoms with Crippen LogP contribution < -0.4 is 0 Å². The van der Waals surface area contributed by atoms with Crippen LogP contribution >= 0.6 is 0 Å². The highest BCUT2D eigenvalue weighted by molar-refractivity contribution is 7.89. The maximum absolute atomic E-state index is 13.6. The van der Waals surface area contributed by atoms with Gasteiger partial charge in [0, 0.05) is 0 Å². The van der Waals surface area contributed by atoms with Crippen molar-refractivity contribution in [3.8, 4) is 0 Å². The Balaban J connectivity index is 2.19. The van der Waals surface area contributed by atoms with Crippen LogP contribution in [0, 0.1) is 11.7 Å². The summed E-state index contributed by atoms with van der Waals surface area (Å²) in [7, 11) is -4.09. The number of sulfonamides is 1. The van der Waals surface area contributed by atoms with Gasteiger partial charge in [0.2, 0.25) is 10.0 Å². The Kier molecular flexibility index (Phi) is 5.59. The molecule has 1 N–H and O–H groups in total. The van der Waals surface area contributed by atoms with Crippen LogP contribution in [0.3, 0.4) is 0 Å². The van der Waals surface area contributed by atoms with Crippen molar-refractivity contribution in [2.75, 3.05) is 0 Å². The lowest BCUT2D eigenvalue weighted by Gasteiger charge is -2.38. The summed E-state index contributed by atoms with van der Waals surface area (Å²) in [5, 5.41) is 10.1. The fraction of sp³-hybridized carbons (Fsp3) is 0.381. The van der Waals surface area contributed by atoms with Gasteiger partial charge in [0.15, 0.2) is 0 Å². The van der Waals surface area contributed by atoms with E-state index >= 15 is 0 Å². The molecular weight excluding hydrogens is 381 g/mol. The number of nitrogens with zero attached hydrogens (tertiary/aromatic N) is 1. The molecule has 5 nitrogen and oxygen atoms in total. The van der Waals surface area contributed by atoms with Crippen molar-refractivity contribution in [1.29, 1.82) is 0 Å². The number of aliphatic carboxylic acids is 1. The predicted molar refractivity (Wildman–Crippen MR) is 104 cm³/mol. The molecule has 28 heavy (non-hydrogen) atoms. The number of hydrogen-bond acceptors (Lipinski definition) is 3. The number of carboxylic acids is 1. The molecule has 3 rings (SSSR count). The summed E-state index contributed by atoms with van der Waals surface area (Å²) < 4.78 is 41.7. The molecule has 2 aromatic carbocycles. The molecule has 1 aliphatic heterocycles. The van der Waals surface area contributed by atoms with Gasteiger partial charge in [-0.1, -0.05) is 44.2 Å². The number of halogens is 1. The van der Waals surface area contributed by atoms with E-state index in [1.165, 1.54) is 36.4 Å². The number of rotatable bonds is 6. The summed E-state index contributed by atoms with van der Waals surface area (Å²) in [5.74, 6) is -1.59. The lowest BCUT2D eigenvalue weighted by atomic mass is 9.87. The first-order chi connectivity index (χ1) is 13.2. The van der Waals surface area contributed by atoms with Gasteiger partial charge in [0.1, 0.15) is 11.4 Å². The Labute approximate surface area is 164 Å². The smallest absolute Gasteiger partial charge is 0.325 e. The van der Waals surface area contributed by atoms with Gasteiger partial charge in [-0.2, -0.15) is 4.31 Å². The fourth-order valence-electron chi connectivity index (χ4n) is 4.15. The molecule has 0 amide bonds. The Morgan fingerprint density at radius 3 is 2.32 bits per heavy atom. The lowest BCUT2D eigenvalue weighted by Crippen LogP contribution is -2.54. The molecule has 0 spiro atoms. The van der Waals surface area contributed by atoms with E-state index in [0.29, 0.717) is 12.0 Å². The molecule has 2 aromatic rings. The molecule has 0 unspecified atom stereocenters. The second-order valence-electron chi connectivity index (χ2n) is 7.65. The zero-order chi connectivity index (χ0) is 20.5. The molecular formula is C21H24FNO4S. The summed E-state index contributed by atoms with van der Waals surface area (Å²) in [5.41, 5.74) is -0.949. The molecule has 1 aliphatic rings. The van der Waals surface area contributed by atoms with Crippen LogP contribution in [-0.2, 0) is 14.8 Å². The van der Waals surface area contributed by atoms with Crippen LogP contribution in [0.1, 0.15) is 44.7 Å². The zero-order valence-corrected chi connectivity index (χ0v) is 16.7. The highest BCUT2D eigenvalue weighted by atomic mass is 32.2. The minimum absolute atomic E-state index is 0.0171. The van der Waals surface area contributed by atoms with Crippen LogP contribution in [-0.4, -0.2) is 29.3 Å². The first-order valence-electron chi connectivity index (χ1n) is 9.27. The standard InChI is InChI=1S/C21H24FNO4S/c1-15(2)14-21(20(24)25)13-12-19(16-8-10-17(22)11-9-16)23(21)28(26,27)18-6-4-3-5-7-18/h3-11,15,19H,12-14H2,1-2H3,(H,24,25)/t19-,21-/m1/s1. The molecule has 0 aliphatic carbocycles. The molecule has 1 fully saturated rings. The Hall–Kier alpha value is -2.25. The van der Waals surface area contributed by atoms with Crippen LogP contribution in [0.25, 0.3) is 0 Å². The first kappa shape index (κ1) is 20.5. The monoisotopic (exact) mass is 405 g/mol. The van der Waals surface area contributed by atoms with E-state index in [1.807, 2.05) is 13.8 Å². The molecule has 0 saturated carbocycles. The normalized spacial score (nSPS) is 23.2. The minimum atomic E-state index is -4.09. The minimum Gasteiger partial charge on any atom is -0.480 e. The molecule has 0 bridgehead atoms. The number of carbonyl (C=O) groups is 1. The van der Waals surface area contributed by atoms with Crippen LogP contribution in [0.15, 0.2) is 59.5 Å². The predicted octanol–water partition coefficient (Wildman–Crippen LogP) is 4.22. The summed E-state index contributed by atoms with van der Waals surface area (Å²) in [4.78, 5) is 12.5. The van der Waals surface area contributed by atoms with Gasteiger partial charge in [-0.05, 0) is 55.0 Å². The molecule has 0 aromatic heterocycles. The maximum Gasteiger partial charge on any atom is 0.325 e. The van der Waals surface area contributed by atoms with E-state index in [2.05, 4.69) is 0 Å². The third-order valence-electron chi connectivity index (χ3n) is 5.24. The van der Waals surface area contributed by atoms with E-state index < -0.39 is 33.4 Å². The van der Waals surface area contributed by atoms with Gasteiger partial charge in [-0.25, -0.2) is 12.8 Å². The molecule has 7 heteroatoms. The van der Waals surface area contributed by atoms with Crippen molar-refractivity contribution in [3.05, 3.63) is 66.0 Å². The molecule has 2 atom stereocenters. The average molecular weight is 405 g/mol. The van der Waals surface area contributed by atoms with Gasteiger partial charge in [-0.3, -0.25) is 4.79 Å². The van der Waals surface area contributed by atoms with Crippen molar-refractivity contribution in [3.63, 3.8) is 0 Å². The van der Waals surface area contributed by atoms with E-state index in [1.54, 1.807) is 18.2 Å². The molecule has 150 valence electrons. The molecule has 1 saturated heterocycles. The molecule has 0 radical (unpaired) electrons. The van der Waals surface area contributed by atoms with Crippen molar-refractivity contribution in [1.82, 2.24) is 4.31 Å². The fourth-order valence-corrected chi connectivity index (χ4v) is 6.14. The van der Waals surface area contributed by atoms with Crippen LogP contribution in [0.5, 0.6) is 0 Å². The maximum atomic E-state index is 13.6. The second kappa shape index (κ2) is 7.64. The van der Waals surface area contributed by atoms with Gasteiger partial charge in [0.25, 0.3) is 0 Å². The Bertz CT molecular complexity index is 944. The zero-order valence-electron chi connectivity index (χ0n) is 15.9. The van der Waals surface area contributed by atoms with Crippen LogP contribution in [0.4, 0.5) is 4.39 Å². The number of hydrogen-bond donors (Lipinski definition) is 1. The Morgan fingerprint density at radius 2 is 1.79 bits per heavy atom. The first-order valence-corrected chi connectivity index (χ1v) is 10.7. The third-order valence-corrected chi connectivity index (χ3v) is 7.22. The number of benzene rings is 2. The summed E-state index contributed by atoms with van der Waals surface area (Å²) in [6, 6.07) is 12.8. The van der Waals surface area contributed by atoms with Crippen LogP contribution in [0.2, 0.25) is 0 Å². The van der Waals surface area contributed by atoms with E-state index in [-0.39, 0.29) is 23.7 Å². The highest BCUT2D eigenvalue weighted by Crippen LogP contribution is 2.49. The van der Waals surface area contributed by atoms with Gasteiger partial charge >= 0.3 is 5.97 Å². The lowest BCUT2D eigenvalue weighted by molar-refractivity contribution is -0.148. The van der Waals surface area contributed by atoms with E-state index in [9.17, 15) is 22.7 Å². The van der Waals surface area contributed by atoms with Gasteiger partial charge < -0.3 is 5.11 Å². The second-order valence-corrected chi connectivity index (χ2v) is 9.47. The van der Waals surface area contributed by atoms with E-state index in [4.69, 9.17) is 0 Å². The van der Waals surface area contributed by atoms with Crippen molar-refractivity contribution in [2.24, 2.45) is 5.92 Å². The van der Waals surface area contributed by atoms with Gasteiger partial charge in [-0.15, -0.1) is 0 Å². The third kappa shape index (κ3) is 3.56. The van der Waals surface area contributed by atoms with Crippen molar-refractivity contribution >= 4 is 16.0 Å². The van der Waals surface area contributed by atoms with Gasteiger partial charge in [0.05, 0.1) is 10.9 Å². The SMILES string of the molecule is CC(C)C[C@@]1(C(=O)O)CC[C@H](c2ccc(F)cc2)N1S(=O)(=O)c1ccccc1. The summed E-state index contributed by atoms with van der Waals surface area (Å²) >= 11 is 0. The summed E-state index contributed by atoms with van der Waals surface area (Å²) in [6.07, 6.45) is 0.761. The largest absolute Gasteiger partial charge is 0.480 e. The average Bonchev–Trinajstić information content (AvgIpc) is 3.03. The Morgan fingerprint density at radius 1 is 1.18 bits per heavy atom. The number of carboxylic acid groups (broad SMARTS) is 1. The quantitative estimate of drug-likeness (QED) is 0.781. The topological polar surface area (TPSA) is 74.7 Å². The van der Waals surface area contributed by atoms with Crippen molar-refractivity contribution < 1.29 is 22.7 Å². The van der Waals surface area contributed by atoms with E-state index in [0.717, 1.165) is 4.31 Å². The highest BCUT2D eigenvalue weighted by Gasteiger charge is 2.57. The molecule has 1 heterocycles. The summed E-state index contributed by atoms with van der Waals surface area (Å²) in [6.45, 7) is 3.76.